The summed E-state index contributed by atoms with van der Waals surface area (Å²) in [7, 11) is 3.23. The molecule has 0 spiro atoms. The van der Waals surface area contributed by atoms with E-state index in [-0.39, 0.29) is 0 Å². The van der Waals surface area contributed by atoms with E-state index in [4.69, 9.17) is 32.7 Å². The summed E-state index contributed by atoms with van der Waals surface area (Å²) >= 11 is 12.3. The van der Waals surface area contributed by atoms with Gasteiger partial charge in [-0.25, -0.2) is 0 Å². The second kappa shape index (κ2) is 8.09. The highest BCUT2D eigenvalue weighted by Crippen LogP contribution is 2.26. The first-order valence-corrected chi connectivity index (χ1v) is 7.75. The van der Waals surface area contributed by atoms with Crippen LogP contribution >= 0.6 is 23.2 Å². The van der Waals surface area contributed by atoms with Crippen LogP contribution in [0.4, 0.5) is 0 Å². The number of rotatable bonds is 6. The van der Waals surface area contributed by atoms with E-state index < -0.39 is 0 Å². The molecule has 2 rings (SSSR count). The molecule has 0 unspecified atom stereocenters. The standard InChI is InChI=1S/C17H18Cl2N2O2/c1-11(13-8-7-12(22-2)9-17(13)23-3)21-20-10-14-15(18)5-4-6-16(14)19/h4-9,20H,10H2,1-3H3/b21-11+. The fourth-order valence-corrected chi connectivity index (χ4v) is 2.63. The molecular weight excluding hydrogens is 335 g/mol. The molecule has 122 valence electrons. The van der Waals surface area contributed by atoms with Gasteiger partial charge in [0, 0.05) is 27.2 Å². The minimum Gasteiger partial charge on any atom is -0.497 e. The van der Waals surface area contributed by atoms with Crippen LogP contribution in [0, 0.1) is 0 Å². The first-order chi connectivity index (χ1) is 11.1. The molecule has 2 aromatic carbocycles. The van der Waals surface area contributed by atoms with Crippen molar-refractivity contribution in [3.63, 3.8) is 0 Å². The Morgan fingerprint density at radius 3 is 2.39 bits per heavy atom. The van der Waals surface area contributed by atoms with Gasteiger partial charge in [-0.05, 0) is 31.2 Å². The predicted octanol–water partition coefficient (Wildman–Crippen LogP) is 4.52. The molecule has 0 heterocycles. The Hall–Kier alpha value is -1.91. The lowest BCUT2D eigenvalue weighted by atomic mass is 10.1. The second-order valence-electron chi connectivity index (χ2n) is 4.80. The Morgan fingerprint density at radius 2 is 1.78 bits per heavy atom. The van der Waals surface area contributed by atoms with Crippen LogP contribution in [0.5, 0.6) is 11.5 Å². The number of hydrogen-bond donors (Lipinski definition) is 1. The first kappa shape index (κ1) is 17.4. The van der Waals surface area contributed by atoms with Gasteiger partial charge < -0.3 is 14.9 Å². The predicted molar refractivity (Wildman–Crippen MR) is 95.1 cm³/mol. The smallest absolute Gasteiger partial charge is 0.131 e. The zero-order valence-corrected chi connectivity index (χ0v) is 14.7. The summed E-state index contributed by atoms with van der Waals surface area (Å²) in [5, 5.41) is 5.59. The number of benzene rings is 2. The van der Waals surface area contributed by atoms with E-state index in [0.29, 0.717) is 22.3 Å². The molecule has 0 aliphatic heterocycles. The van der Waals surface area contributed by atoms with E-state index in [1.54, 1.807) is 26.4 Å². The molecule has 0 fully saturated rings. The molecule has 1 N–H and O–H groups in total. The highest BCUT2D eigenvalue weighted by atomic mass is 35.5. The molecule has 0 aromatic heterocycles. The van der Waals surface area contributed by atoms with Gasteiger partial charge in [0.1, 0.15) is 11.5 Å². The van der Waals surface area contributed by atoms with Crippen molar-refractivity contribution >= 4 is 28.9 Å². The van der Waals surface area contributed by atoms with Crippen molar-refractivity contribution in [2.45, 2.75) is 13.5 Å². The van der Waals surface area contributed by atoms with Crippen molar-refractivity contribution < 1.29 is 9.47 Å². The molecule has 0 saturated heterocycles. The van der Waals surface area contributed by atoms with Gasteiger partial charge in [-0.2, -0.15) is 5.10 Å². The highest BCUT2D eigenvalue weighted by Gasteiger charge is 2.09. The maximum absolute atomic E-state index is 6.14. The van der Waals surface area contributed by atoms with Gasteiger partial charge in [-0.15, -0.1) is 0 Å². The molecule has 2 aromatic rings. The SMILES string of the molecule is COc1ccc(/C(C)=N/NCc2c(Cl)cccc2Cl)c(OC)c1. The minimum absolute atomic E-state index is 0.439. The van der Waals surface area contributed by atoms with Crippen LogP contribution in [0.15, 0.2) is 41.5 Å². The van der Waals surface area contributed by atoms with Gasteiger partial charge in [-0.3, -0.25) is 0 Å². The van der Waals surface area contributed by atoms with Crippen LogP contribution in [0.25, 0.3) is 0 Å². The summed E-state index contributed by atoms with van der Waals surface area (Å²) in [6.07, 6.45) is 0. The van der Waals surface area contributed by atoms with E-state index in [1.165, 1.54) is 0 Å². The molecule has 0 aliphatic carbocycles. The van der Waals surface area contributed by atoms with Crippen LogP contribution in [-0.2, 0) is 6.54 Å². The number of hydrogen-bond acceptors (Lipinski definition) is 4. The van der Waals surface area contributed by atoms with E-state index in [1.807, 2.05) is 31.2 Å². The zero-order valence-electron chi connectivity index (χ0n) is 13.2. The third-order valence-corrected chi connectivity index (χ3v) is 4.07. The number of halogens is 2. The van der Waals surface area contributed by atoms with Gasteiger partial charge in [0.2, 0.25) is 0 Å². The molecule has 0 aliphatic rings. The number of ether oxygens (including phenoxy) is 2. The summed E-state index contributed by atoms with van der Waals surface area (Å²) in [5.41, 5.74) is 5.47. The number of nitrogens with zero attached hydrogens (tertiary/aromatic N) is 1. The lowest BCUT2D eigenvalue weighted by Gasteiger charge is -2.11. The number of hydrazone groups is 1. The van der Waals surface area contributed by atoms with Crippen molar-refractivity contribution in [1.82, 2.24) is 5.43 Å². The third kappa shape index (κ3) is 4.30. The van der Waals surface area contributed by atoms with Crippen molar-refractivity contribution in [2.24, 2.45) is 5.10 Å². The third-order valence-electron chi connectivity index (χ3n) is 3.36. The van der Waals surface area contributed by atoms with Gasteiger partial charge in [0.15, 0.2) is 0 Å². The maximum atomic E-state index is 6.14. The molecule has 0 atom stereocenters. The summed E-state index contributed by atoms with van der Waals surface area (Å²) in [5.74, 6) is 1.43. The van der Waals surface area contributed by atoms with Gasteiger partial charge in [-0.1, -0.05) is 29.3 Å². The number of methoxy groups -OCH3 is 2. The molecule has 0 bridgehead atoms. The Labute approximate surface area is 146 Å². The average molecular weight is 353 g/mol. The Balaban J connectivity index is 2.14. The minimum atomic E-state index is 0.439. The molecule has 23 heavy (non-hydrogen) atoms. The van der Waals surface area contributed by atoms with Gasteiger partial charge in [0.25, 0.3) is 0 Å². The first-order valence-electron chi connectivity index (χ1n) is 6.99. The molecule has 0 saturated carbocycles. The van der Waals surface area contributed by atoms with E-state index in [9.17, 15) is 0 Å². The van der Waals surface area contributed by atoms with Crippen LogP contribution in [0.1, 0.15) is 18.1 Å². The van der Waals surface area contributed by atoms with Crippen LogP contribution < -0.4 is 14.9 Å². The van der Waals surface area contributed by atoms with Crippen LogP contribution in [0.2, 0.25) is 10.0 Å². The van der Waals surface area contributed by atoms with Gasteiger partial charge in [0.05, 0.1) is 26.5 Å². The van der Waals surface area contributed by atoms with Crippen molar-refractivity contribution in [2.75, 3.05) is 14.2 Å². The van der Waals surface area contributed by atoms with Crippen LogP contribution in [0.3, 0.4) is 0 Å². The summed E-state index contributed by atoms with van der Waals surface area (Å²) in [6, 6.07) is 11.0. The second-order valence-corrected chi connectivity index (χ2v) is 5.61. The molecule has 0 amide bonds. The molecule has 0 radical (unpaired) electrons. The normalized spacial score (nSPS) is 11.3. The molecule has 4 nitrogen and oxygen atoms in total. The van der Waals surface area contributed by atoms with Crippen molar-refractivity contribution in [3.8, 4) is 11.5 Å². The topological polar surface area (TPSA) is 42.8 Å². The fourth-order valence-electron chi connectivity index (χ4n) is 2.10. The van der Waals surface area contributed by atoms with E-state index in [0.717, 1.165) is 22.6 Å². The fraction of sp³-hybridized carbons (Fsp3) is 0.235. The van der Waals surface area contributed by atoms with E-state index >= 15 is 0 Å². The Morgan fingerprint density at radius 1 is 1.09 bits per heavy atom. The molecular formula is C17H18Cl2N2O2. The van der Waals surface area contributed by atoms with Crippen molar-refractivity contribution in [3.05, 3.63) is 57.6 Å². The quantitative estimate of drug-likeness (QED) is 0.613. The average Bonchev–Trinajstić information content (AvgIpc) is 2.56. The summed E-state index contributed by atoms with van der Waals surface area (Å²) in [4.78, 5) is 0. The van der Waals surface area contributed by atoms with E-state index in [2.05, 4.69) is 10.5 Å². The Kier molecular flexibility index (Phi) is 6.13. The largest absolute Gasteiger partial charge is 0.497 e. The zero-order chi connectivity index (χ0) is 16.8. The Bertz CT molecular complexity index is 697. The molecule has 6 heteroatoms. The number of nitrogens with one attached hydrogen (secondary N) is 1. The maximum Gasteiger partial charge on any atom is 0.131 e. The summed E-state index contributed by atoms with van der Waals surface area (Å²) < 4.78 is 10.6. The lowest BCUT2D eigenvalue weighted by Crippen LogP contribution is -2.11. The highest BCUT2D eigenvalue weighted by molar-refractivity contribution is 6.35. The summed E-state index contributed by atoms with van der Waals surface area (Å²) in [6.45, 7) is 2.33. The lowest BCUT2D eigenvalue weighted by molar-refractivity contribution is 0.394. The van der Waals surface area contributed by atoms with Gasteiger partial charge >= 0.3 is 0 Å². The monoisotopic (exact) mass is 352 g/mol. The van der Waals surface area contributed by atoms with Crippen molar-refractivity contribution in [1.29, 1.82) is 0 Å². The van der Waals surface area contributed by atoms with Crippen LogP contribution in [-0.4, -0.2) is 19.9 Å².